The highest BCUT2D eigenvalue weighted by Crippen LogP contribution is 2.79. The second-order valence-electron chi connectivity index (χ2n) is 16.3. The zero-order valence-electron chi connectivity index (χ0n) is 29.0. The van der Waals surface area contributed by atoms with Crippen LogP contribution in [0.5, 0.6) is 5.75 Å². The van der Waals surface area contributed by atoms with Gasteiger partial charge in [0.2, 0.25) is 0 Å². The van der Waals surface area contributed by atoms with E-state index in [1.54, 1.807) is 26.8 Å². The number of carbonyl (C=O) groups excluding carboxylic acids is 3. The highest BCUT2D eigenvalue weighted by Gasteiger charge is 2.79. The number of aliphatic hydroxyl groups excluding tert-OH is 1. The molecule has 5 fully saturated rings. The van der Waals surface area contributed by atoms with Gasteiger partial charge in [0, 0.05) is 35.2 Å². The molecular formula is C36H49BFNO9. The Labute approximate surface area is 282 Å². The van der Waals surface area contributed by atoms with E-state index in [0.717, 1.165) is 12.8 Å². The Morgan fingerprint density at radius 2 is 1.96 bits per heavy atom. The second kappa shape index (κ2) is 11.8. The van der Waals surface area contributed by atoms with Gasteiger partial charge in [-0.05, 0) is 80.8 Å². The minimum atomic E-state index is -1.60. The number of Topliss-reactive ketones (excluding diaryl/α,β-unsaturated/α-hetero) is 1. The molecule has 1 aliphatic heterocycles. The lowest BCUT2D eigenvalue weighted by molar-refractivity contribution is -0.322. The molecular weight excluding hydrogens is 620 g/mol. The topological polar surface area (TPSA) is 141 Å². The summed E-state index contributed by atoms with van der Waals surface area (Å²) < 4.78 is 38.3. The number of carbonyl (C=O) groups is 3. The van der Waals surface area contributed by atoms with Crippen LogP contribution in [0.15, 0.2) is 24.8 Å². The van der Waals surface area contributed by atoms with E-state index in [2.05, 4.69) is 32.7 Å². The summed E-state index contributed by atoms with van der Waals surface area (Å²) >= 11 is 0. The van der Waals surface area contributed by atoms with Crippen LogP contribution in [0, 0.1) is 51.7 Å². The lowest BCUT2D eigenvalue weighted by Crippen LogP contribution is -2.78. The maximum Gasteiger partial charge on any atom is 0.495 e. The zero-order valence-corrected chi connectivity index (χ0v) is 29.0. The molecule has 0 radical (unpaired) electrons. The first kappa shape index (κ1) is 34.9. The van der Waals surface area contributed by atoms with Gasteiger partial charge in [-0.3, -0.25) is 4.79 Å². The SMILES string of the molecule is C=C[C@]1(C)C[C@@H](OC(=O)COc2ccc3c(c2F)B(O)OC3CNC(=O)OC(C)(C)C)[C@]2(C)[C@H](C)C[C@H]3C4C(=O)CC[C@@]3([C@@H](C)[C@@H]1O)[C@@H]42. The van der Waals surface area contributed by atoms with Gasteiger partial charge in [-0.1, -0.05) is 39.8 Å². The van der Waals surface area contributed by atoms with Crippen molar-refractivity contribution in [1.29, 1.82) is 0 Å². The predicted octanol–water partition coefficient (Wildman–Crippen LogP) is 4.25. The third-order valence-corrected chi connectivity index (χ3v) is 12.9. The second-order valence-corrected chi connectivity index (χ2v) is 16.3. The van der Waals surface area contributed by atoms with Crippen molar-refractivity contribution in [3.05, 3.63) is 36.2 Å². The number of aliphatic hydroxyl groups is 1. The Kier molecular flexibility index (Phi) is 8.60. The number of amides is 1. The van der Waals surface area contributed by atoms with Crippen molar-refractivity contribution in [2.75, 3.05) is 13.2 Å². The van der Waals surface area contributed by atoms with E-state index < -0.39 is 66.3 Å². The van der Waals surface area contributed by atoms with E-state index in [9.17, 15) is 24.5 Å². The molecule has 3 N–H and O–H groups in total. The monoisotopic (exact) mass is 669 g/mol. The minimum absolute atomic E-state index is 0.0221. The maximum absolute atomic E-state index is 15.7. The molecule has 7 rings (SSSR count). The van der Waals surface area contributed by atoms with Gasteiger partial charge in [-0.15, -0.1) is 6.58 Å². The number of nitrogens with one attached hydrogen (secondary N) is 1. The number of hydrogen-bond acceptors (Lipinski definition) is 9. The number of ether oxygens (including phenoxy) is 3. The number of fused-ring (bicyclic) bond motifs is 2. The Morgan fingerprint density at radius 1 is 1.25 bits per heavy atom. The van der Waals surface area contributed by atoms with Crippen LogP contribution in [-0.2, 0) is 23.7 Å². The van der Waals surface area contributed by atoms with Gasteiger partial charge in [0.05, 0.1) is 12.2 Å². The summed E-state index contributed by atoms with van der Waals surface area (Å²) in [6, 6.07) is 2.87. The van der Waals surface area contributed by atoms with Crippen LogP contribution in [-0.4, -0.2) is 66.1 Å². The van der Waals surface area contributed by atoms with E-state index in [-0.39, 0.29) is 58.5 Å². The summed E-state index contributed by atoms with van der Waals surface area (Å²) in [5, 5.41) is 24.9. The van der Waals surface area contributed by atoms with Gasteiger partial charge in [-0.25, -0.2) is 14.0 Å². The number of esters is 1. The predicted molar refractivity (Wildman–Crippen MR) is 175 cm³/mol. The average molecular weight is 670 g/mol. The van der Waals surface area contributed by atoms with E-state index in [1.807, 2.05) is 6.92 Å². The molecule has 6 aliphatic rings. The van der Waals surface area contributed by atoms with Gasteiger partial charge < -0.3 is 34.3 Å². The molecule has 5 aliphatic carbocycles. The van der Waals surface area contributed by atoms with Gasteiger partial charge in [0.15, 0.2) is 18.2 Å². The highest BCUT2D eigenvalue weighted by atomic mass is 19.1. The molecule has 1 heterocycles. The van der Waals surface area contributed by atoms with Crippen LogP contribution in [0.2, 0.25) is 0 Å². The smallest absolute Gasteiger partial charge is 0.479 e. The average Bonchev–Trinajstić information content (AvgIpc) is 3.34. The Balaban J connectivity index is 1.19. The molecule has 0 saturated heterocycles. The fourth-order valence-electron chi connectivity index (χ4n) is 10.4. The number of benzene rings is 1. The lowest BCUT2D eigenvalue weighted by atomic mass is 9.25. The molecule has 48 heavy (non-hydrogen) atoms. The third-order valence-electron chi connectivity index (χ3n) is 12.9. The number of ketones is 1. The molecule has 1 aromatic carbocycles. The molecule has 0 aromatic heterocycles. The summed E-state index contributed by atoms with van der Waals surface area (Å²) in [5.41, 5.74) is -2.01. The third kappa shape index (κ3) is 5.19. The Morgan fingerprint density at radius 3 is 2.62 bits per heavy atom. The van der Waals surface area contributed by atoms with Crippen LogP contribution >= 0.6 is 0 Å². The van der Waals surface area contributed by atoms with Crippen molar-refractivity contribution in [2.24, 2.45) is 45.8 Å². The van der Waals surface area contributed by atoms with Crippen molar-refractivity contribution >= 4 is 30.4 Å². The van der Waals surface area contributed by atoms with Gasteiger partial charge in [0.1, 0.15) is 17.5 Å². The summed E-state index contributed by atoms with van der Waals surface area (Å²) in [6.07, 6.45) is 1.26. The van der Waals surface area contributed by atoms with Gasteiger partial charge >= 0.3 is 19.2 Å². The molecule has 5 bridgehead atoms. The number of hydrogen-bond donors (Lipinski definition) is 3. The van der Waals surface area contributed by atoms with Crippen molar-refractivity contribution in [3.8, 4) is 5.75 Å². The molecule has 2 unspecified atom stereocenters. The Bertz CT molecular complexity index is 1510. The first-order valence-electron chi connectivity index (χ1n) is 17.2. The van der Waals surface area contributed by atoms with Crippen molar-refractivity contribution in [2.45, 2.75) is 98.1 Å². The summed E-state index contributed by atoms with van der Waals surface area (Å²) in [7, 11) is -1.60. The van der Waals surface area contributed by atoms with Crippen molar-refractivity contribution in [1.82, 2.24) is 5.32 Å². The quantitative estimate of drug-likeness (QED) is 0.221. The fraction of sp³-hybridized carbons (Fsp3) is 0.694. The molecule has 11 atom stereocenters. The normalized spacial score (nSPS) is 39.7. The largest absolute Gasteiger partial charge is 0.495 e. The summed E-state index contributed by atoms with van der Waals surface area (Å²) in [4.78, 5) is 38.9. The van der Waals surface area contributed by atoms with Crippen LogP contribution in [0.4, 0.5) is 9.18 Å². The van der Waals surface area contributed by atoms with Gasteiger partial charge in [-0.2, -0.15) is 0 Å². The maximum atomic E-state index is 15.7. The molecule has 262 valence electrons. The van der Waals surface area contributed by atoms with Crippen molar-refractivity contribution in [3.63, 3.8) is 0 Å². The first-order chi connectivity index (χ1) is 22.4. The van der Waals surface area contributed by atoms with Gasteiger partial charge in [0.25, 0.3) is 0 Å². The number of alkyl carbamates (subject to hydrolysis) is 1. The highest BCUT2D eigenvalue weighted by molar-refractivity contribution is 6.62. The molecule has 5 saturated carbocycles. The lowest BCUT2D eigenvalue weighted by Gasteiger charge is -2.78. The minimum Gasteiger partial charge on any atom is -0.479 e. The Hall–Kier alpha value is -2.96. The van der Waals surface area contributed by atoms with Crippen LogP contribution in [0.25, 0.3) is 0 Å². The van der Waals surface area contributed by atoms with Crippen LogP contribution < -0.4 is 15.5 Å². The van der Waals surface area contributed by atoms with E-state index in [1.165, 1.54) is 12.1 Å². The number of rotatable bonds is 7. The van der Waals surface area contributed by atoms with Crippen LogP contribution in [0.3, 0.4) is 0 Å². The molecule has 1 amide bonds. The number of halogens is 1. The zero-order chi connectivity index (χ0) is 35.1. The van der Waals surface area contributed by atoms with E-state index >= 15 is 4.39 Å². The van der Waals surface area contributed by atoms with E-state index in [4.69, 9.17) is 18.9 Å². The standard InChI is InChI=1S/C36H49BFNO9/c1-9-34(7)15-25(35(8)18(2)14-21-27-22(40)12-13-36(21,30(27)35)19(3)31(34)42)46-26(41)17-45-23-11-10-20-24(48-37(44)28(20)29(23)38)16-39-32(43)47-33(4,5)6/h9-11,18-19,21,24-25,27,30-31,42,44H,1,12-17H2,2-8H3,(H,39,43)/t18-,19+,21+,24?,25-,27?,30+,31+,34-,35+,36+/m1/s1. The summed E-state index contributed by atoms with van der Waals surface area (Å²) in [5.74, 6) is -1.38. The summed E-state index contributed by atoms with van der Waals surface area (Å²) in [6.45, 7) is 17.0. The first-order valence-corrected chi connectivity index (χ1v) is 17.2. The fourth-order valence-corrected chi connectivity index (χ4v) is 10.4. The van der Waals surface area contributed by atoms with E-state index in [0.29, 0.717) is 18.4 Å². The van der Waals surface area contributed by atoms with Crippen LogP contribution in [0.1, 0.15) is 85.8 Å². The van der Waals surface area contributed by atoms with Crippen molar-refractivity contribution < 1.29 is 47.8 Å². The molecule has 1 spiro atoms. The molecule has 10 nitrogen and oxygen atoms in total. The molecule has 1 aromatic rings. The molecule has 12 heteroatoms.